The van der Waals surface area contributed by atoms with E-state index in [-0.39, 0.29) is 0 Å². The van der Waals surface area contributed by atoms with E-state index in [1.54, 1.807) is 5.57 Å². The Morgan fingerprint density at radius 3 is 1.48 bits per heavy atom. The molecule has 1 radical (unpaired) electrons. The van der Waals surface area contributed by atoms with Crippen LogP contribution < -0.4 is 0 Å². The Labute approximate surface area is 346 Å². The van der Waals surface area contributed by atoms with E-state index in [0.29, 0.717) is 0 Å². The first kappa shape index (κ1) is 38.7. The Bertz CT molecular complexity index is 2470. The molecule has 0 bridgehead atoms. The Hall–Kier alpha value is -6.12. The smallest absolute Gasteiger partial charge is 0.0565 e. The fourth-order valence-electron chi connectivity index (χ4n) is 9.21. The highest BCUT2D eigenvalue weighted by Crippen LogP contribution is 2.46. The van der Waals surface area contributed by atoms with Crippen molar-refractivity contribution in [2.45, 2.75) is 51.9 Å². The molecule has 2 aromatic heterocycles. The van der Waals surface area contributed by atoms with Gasteiger partial charge in [0, 0.05) is 55.1 Å². The summed E-state index contributed by atoms with van der Waals surface area (Å²) in [5, 5.41) is 0. The maximum atomic E-state index is 2.52. The number of benzene rings is 4. The van der Waals surface area contributed by atoms with Crippen molar-refractivity contribution in [2.75, 3.05) is 0 Å². The van der Waals surface area contributed by atoms with Crippen LogP contribution in [0.25, 0.3) is 51.2 Å². The lowest BCUT2D eigenvalue weighted by atomic mass is 9.82. The highest BCUT2D eigenvalue weighted by atomic mass is 15.0. The van der Waals surface area contributed by atoms with Crippen molar-refractivity contribution in [1.29, 1.82) is 0 Å². The van der Waals surface area contributed by atoms with Gasteiger partial charge in [-0.2, -0.15) is 0 Å². The van der Waals surface area contributed by atoms with Crippen molar-refractivity contribution in [3.05, 3.63) is 216 Å². The molecule has 289 valence electrons. The van der Waals surface area contributed by atoms with Crippen molar-refractivity contribution in [1.82, 2.24) is 9.13 Å². The number of hydrogen-bond acceptors (Lipinski definition) is 0. The molecule has 0 atom stereocenters. The zero-order valence-electron chi connectivity index (χ0n) is 34.3. The van der Waals surface area contributed by atoms with E-state index in [1.807, 2.05) is 55.0 Å². The minimum absolute atomic E-state index is 0.801. The van der Waals surface area contributed by atoms with Gasteiger partial charge in [-0.25, -0.2) is 0 Å². The molecule has 0 aliphatic heterocycles. The van der Waals surface area contributed by atoms with Crippen molar-refractivity contribution >= 4 is 17.7 Å². The molecule has 4 aromatic carbocycles. The number of fused-ring (bicyclic) bond motifs is 2. The van der Waals surface area contributed by atoms with E-state index in [1.165, 1.54) is 105 Å². The number of allylic oxidation sites excluding steroid dienone is 10. The molecule has 0 amide bonds. The van der Waals surface area contributed by atoms with Crippen molar-refractivity contribution in [2.24, 2.45) is 20.0 Å². The fourth-order valence-corrected chi connectivity index (χ4v) is 9.21. The van der Waals surface area contributed by atoms with Gasteiger partial charge in [-0.1, -0.05) is 195 Å². The van der Waals surface area contributed by atoms with Gasteiger partial charge in [0.1, 0.15) is 0 Å². The third-order valence-corrected chi connectivity index (χ3v) is 12.2. The largest absolute Gasteiger partial charge is 0.348 e. The molecule has 0 spiro atoms. The summed E-state index contributed by atoms with van der Waals surface area (Å²) in [6.07, 6.45) is 32.0. The predicted octanol–water partition coefficient (Wildman–Crippen LogP) is 14.4. The summed E-state index contributed by atoms with van der Waals surface area (Å²) in [6.45, 7) is 2.22. The van der Waals surface area contributed by atoms with E-state index in [2.05, 4.69) is 164 Å². The Morgan fingerprint density at radius 1 is 0.448 bits per heavy atom. The highest BCUT2D eigenvalue weighted by Gasteiger charge is 2.30. The number of hydrogen-bond donors (Lipinski definition) is 0. The van der Waals surface area contributed by atoms with E-state index < -0.39 is 0 Å². The second-order valence-corrected chi connectivity index (χ2v) is 15.8. The molecule has 58 heavy (non-hydrogen) atoms. The van der Waals surface area contributed by atoms with E-state index in [4.69, 9.17) is 0 Å². The van der Waals surface area contributed by atoms with Gasteiger partial charge >= 0.3 is 0 Å². The third-order valence-electron chi connectivity index (χ3n) is 12.2. The van der Waals surface area contributed by atoms with Crippen LogP contribution in [0.2, 0.25) is 0 Å². The topological polar surface area (TPSA) is 9.86 Å². The highest BCUT2D eigenvalue weighted by molar-refractivity contribution is 5.93. The lowest BCUT2D eigenvalue weighted by Gasteiger charge is -2.23. The molecule has 2 heterocycles. The standard InChI is InChI=1S/C26H27N.C21H19N.C9H9/c1-27-24-18-22(19-11-5-2-6-12-19)17-23(24)25(20-13-7-3-8-14-20)26(27)21-15-9-4-10-16-21;1-15-21(17-11-7-4-8-12-17)19-13-18(14-20(19)22(15)2)16-9-5-3-6-10-16;1-2-4-6-8-9-7-5-3-1/h3-4,7-10,13-16,18-19H,2,5-6,11-12,17H2,1H3;3-12,14H,13H2,1-2H3;1-9H/b;;2-1-,5-3-,6-4-,9-7-. The molecule has 0 saturated heterocycles. The Balaban J connectivity index is 0.000000136. The summed E-state index contributed by atoms with van der Waals surface area (Å²) in [4.78, 5) is 0. The minimum Gasteiger partial charge on any atom is -0.348 e. The fraction of sp³-hybridized carbons (Fsp3) is 0.196. The van der Waals surface area contributed by atoms with Crippen LogP contribution in [0.3, 0.4) is 0 Å². The first-order valence-corrected chi connectivity index (χ1v) is 21.1. The van der Waals surface area contributed by atoms with Gasteiger partial charge in [0.15, 0.2) is 0 Å². The molecule has 10 rings (SSSR count). The third kappa shape index (κ3) is 8.43. The summed E-state index contributed by atoms with van der Waals surface area (Å²) in [7, 11) is 4.42. The van der Waals surface area contributed by atoms with Gasteiger partial charge in [0.2, 0.25) is 0 Å². The molecular weight excluding hydrogens is 701 g/mol. The molecule has 4 aliphatic rings. The lowest BCUT2D eigenvalue weighted by molar-refractivity contribution is 0.401. The van der Waals surface area contributed by atoms with Crippen LogP contribution >= 0.6 is 0 Å². The first-order valence-electron chi connectivity index (χ1n) is 21.1. The summed E-state index contributed by atoms with van der Waals surface area (Å²) < 4.78 is 4.76. The van der Waals surface area contributed by atoms with Crippen LogP contribution in [0.15, 0.2) is 176 Å². The molecule has 1 fully saturated rings. The van der Waals surface area contributed by atoms with Gasteiger partial charge in [-0.3, -0.25) is 0 Å². The van der Waals surface area contributed by atoms with Gasteiger partial charge < -0.3 is 9.13 Å². The maximum absolute atomic E-state index is 2.52. The Morgan fingerprint density at radius 2 is 0.914 bits per heavy atom. The SMILES string of the molecule is Cc1c(-c2ccccc2)c2c(n1C)C=C(c1ccccc1)C2.Cn1c2c(c(-c3ccccc3)c1-c1ccccc1)CC(C1CCCCC1)=C2.[CH]1\C=C/C=C\C=C/C=C\1. The zero-order valence-corrected chi connectivity index (χ0v) is 34.3. The van der Waals surface area contributed by atoms with Crippen molar-refractivity contribution in [3.63, 3.8) is 0 Å². The quantitative estimate of drug-likeness (QED) is 0.166. The zero-order chi connectivity index (χ0) is 39.7. The van der Waals surface area contributed by atoms with Crippen molar-refractivity contribution in [3.8, 4) is 33.5 Å². The van der Waals surface area contributed by atoms with E-state index in [9.17, 15) is 0 Å². The summed E-state index contributed by atoms with van der Waals surface area (Å²) in [5.41, 5.74) is 19.7. The first-order chi connectivity index (χ1) is 28.6. The van der Waals surface area contributed by atoms with Gasteiger partial charge in [0.05, 0.1) is 5.69 Å². The van der Waals surface area contributed by atoms with Crippen molar-refractivity contribution < 1.29 is 0 Å². The molecule has 2 nitrogen and oxygen atoms in total. The van der Waals surface area contributed by atoms with Crippen LogP contribution in [0, 0.1) is 19.3 Å². The average Bonchev–Trinajstić information content (AvgIpc) is 4.06. The lowest BCUT2D eigenvalue weighted by Crippen LogP contribution is -2.09. The van der Waals surface area contributed by atoms with Gasteiger partial charge in [0.25, 0.3) is 0 Å². The molecule has 1 saturated carbocycles. The summed E-state index contributed by atoms with van der Waals surface area (Å²) >= 11 is 0. The molecule has 6 aromatic rings. The monoisotopic (exact) mass is 755 g/mol. The van der Waals surface area contributed by atoms with E-state index >= 15 is 0 Å². The number of nitrogens with zero attached hydrogens (tertiary/aromatic N) is 2. The second-order valence-electron chi connectivity index (χ2n) is 15.8. The molecule has 0 unspecified atom stereocenters. The van der Waals surface area contributed by atoms with Crippen LogP contribution in [0.4, 0.5) is 0 Å². The number of rotatable bonds is 5. The van der Waals surface area contributed by atoms with Crippen LogP contribution in [-0.4, -0.2) is 9.13 Å². The van der Waals surface area contributed by atoms with Crippen LogP contribution in [0.5, 0.6) is 0 Å². The van der Waals surface area contributed by atoms with Gasteiger partial charge in [-0.15, -0.1) is 0 Å². The molecule has 2 heteroatoms. The van der Waals surface area contributed by atoms with Crippen LogP contribution in [0.1, 0.15) is 65.9 Å². The normalized spacial score (nSPS) is 17.7. The van der Waals surface area contributed by atoms with Gasteiger partial charge in [-0.05, 0) is 83.2 Å². The summed E-state index contributed by atoms with van der Waals surface area (Å²) in [5.74, 6) is 0.801. The Kier molecular flexibility index (Phi) is 12.3. The average molecular weight is 756 g/mol. The molecular formula is C56H55N2. The maximum Gasteiger partial charge on any atom is 0.0565 e. The predicted molar refractivity (Wildman–Crippen MR) is 249 cm³/mol. The van der Waals surface area contributed by atoms with Crippen LogP contribution in [-0.2, 0) is 26.9 Å². The number of aromatic nitrogens is 2. The minimum atomic E-state index is 0.801. The second kappa shape index (κ2) is 18.4. The molecule has 4 aliphatic carbocycles. The summed E-state index contributed by atoms with van der Waals surface area (Å²) in [6, 6.07) is 43.3. The molecule has 0 N–H and O–H groups in total. The van der Waals surface area contributed by atoms with E-state index in [0.717, 1.165) is 18.8 Å².